The number of aryl methyl sites for hydroxylation is 1. The average molecular weight is 566 g/mol. The number of hydrogen-bond donors (Lipinski definition) is 2. The zero-order valence-electron chi connectivity index (χ0n) is 23.2. The lowest BCUT2D eigenvalue weighted by Crippen LogP contribution is -2.55. The number of para-hydroxylation sites is 1. The van der Waals surface area contributed by atoms with Gasteiger partial charge in [-0.2, -0.15) is 0 Å². The Labute approximate surface area is 242 Å². The van der Waals surface area contributed by atoms with Crippen LogP contribution in [0.15, 0.2) is 101 Å². The van der Waals surface area contributed by atoms with Gasteiger partial charge in [-0.1, -0.05) is 42.5 Å². The van der Waals surface area contributed by atoms with Crippen LogP contribution in [0.1, 0.15) is 23.6 Å². The molecule has 2 aliphatic rings. The fraction of sp³-hybridized carbons (Fsp3) is 0.188. The van der Waals surface area contributed by atoms with E-state index in [1.54, 1.807) is 67.6 Å². The largest absolute Gasteiger partial charge is 0.370 e. The molecular weight excluding hydrogens is 537 g/mol. The summed E-state index contributed by atoms with van der Waals surface area (Å²) in [5.74, 6) is 0.743. The number of benzene rings is 3. The molecular formula is C32H28FN5O4. The fourth-order valence-electron chi connectivity index (χ4n) is 5.08. The predicted molar refractivity (Wildman–Crippen MR) is 159 cm³/mol. The van der Waals surface area contributed by atoms with Crippen molar-refractivity contribution in [3.05, 3.63) is 113 Å². The molecule has 5 rings (SSSR count). The highest BCUT2D eigenvalue weighted by atomic mass is 19.1. The first-order valence-electron chi connectivity index (χ1n) is 13.2. The van der Waals surface area contributed by atoms with E-state index < -0.39 is 36.1 Å². The van der Waals surface area contributed by atoms with Crippen molar-refractivity contribution in [2.75, 3.05) is 17.3 Å². The first-order valence-corrected chi connectivity index (χ1v) is 13.2. The van der Waals surface area contributed by atoms with Crippen molar-refractivity contribution in [1.82, 2.24) is 5.32 Å². The molecule has 3 amide bonds. The normalized spacial score (nSPS) is 18.7. The van der Waals surface area contributed by atoms with Gasteiger partial charge in [-0.25, -0.2) is 19.0 Å². The van der Waals surface area contributed by atoms with Crippen molar-refractivity contribution in [1.29, 1.82) is 0 Å². The number of amides is 3. The summed E-state index contributed by atoms with van der Waals surface area (Å²) in [6.07, 6.45) is 0.645. The second-order valence-electron chi connectivity index (χ2n) is 9.77. The van der Waals surface area contributed by atoms with Gasteiger partial charge in [-0.3, -0.25) is 14.7 Å². The van der Waals surface area contributed by atoms with Gasteiger partial charge < -0.3 is 15.4 Å². The van der Waals surface area contributed by atoms with Crippen molar-refractivity contribution in [3.63, 3.8) is 0 Å². The van der Waals surface area contributed by atoms with Crippen LogP contribution in [0.25, 0.3) is 0 Å². The van der Waals surface area contributed by atoms with E-state index in [1.165, 1.54) is 30.4 Å². The molecule has 3 aromatic rings. The summed E-state index contributed by atoms with van der Waals surface area (Å²) in [7, 11) is 1.43. The van der Waals surface area contributed by atoms with Crippen LogP contribution in [-0.2, 0) is 14.3 Å². The van der Waals surface area contributed by atoms with Gasteiger partial charge in [0, 0.05) is 30.1 Å². The van der Waals surface area contributed by atoms with E-state index in [4.69, 9.17) is 4.74 Å². The molecule has 2 N–H and O–H groups in total. The third-order valence-electron chi connectivity index (χ3n) is 7.02. The number of carbonyl (C=O) groups is 2. The quantitative estimate of drug-likeness (QED) is 0.426. The van der Waals surface area contributed by atoms with E-state index in [1.807, 2.05) is 18.9 Å². The Bertz CT molecular complexity index is 1690. The summed E-state index contributed by atoms with van der Waals surface area (Å²) in [5.41, 5.74) is 3.31. The Morgan fingerprint density at radius 2 is 1.81 bits per heavy atom. The molecule has 2 aliphatic heterocycles. The smallest absolute Gasteiger partial charge is 0.321 e. The number of aliphatic imine (C=N–C) groups is 2. The summed E-state index contributed by atoms with van der Waals surface area (Å²) in [4.78, 5) is 49.6. The second kappa shape index (κ2) is 12.1. The standard InChI is InChI=1S/C32H28FN5O4/c1-19-9-8-10-22(17-19)35-32(41)37-30-31(40)38(20(2)27-29(42-3)21(18-39)15-16-34-27)26-14-7-5-12-24(26)28(36-30)23-11-4-6-13-25(23)33/h4-17,20,29-30H,1-3H3,(H2,35,37,41). The number of urea groups is 1. The van der Waals surface area contributed by atoms with Gasteiger partial charge in [-0.15, -0.1) is 0 Å². The van der Waals surface area contributed by atoms with Gasteiger partial charge in [-0.05, 0) is 55.8 Å². The van der Waals surface area contributed by atoms with Crippen LogP contribution in [0.5, 0.6) is 0 Å². The minimum atomic E-state index is -1.44. The fourth-order valence-corrected chi connectivity index (χ4v) is 5.08. The zero-order chi connectivity index (χ0) is 29.8. The highest BCUT2D eigenvalue weighted by Crippen LogP contribution is 2.32. The molecule has 0 radical (unpaired) electrons. The number of benzodiazepines with no additional fused rings is 1. The summed E-state index contributed by atoms with van der Waals surface area (Å²) in [6.45, 7) is 3.63. The van der Waals surface area contributed by atoms with E-state index in [0.717, 1.165) is 5.56 Å². The lowest BCUT2D eigenvalue weighted by Gasteiger charge is -2.34. The highest BCUT2D eigenvalue weighted by molar-refractivity contribution is 6.22. The molecule has 0 bridgehead atoms. The number of ether oxygens (including phenoxy) is 1. The van der Waals surface area contributed by atoms with Gasteiger partial charge in [0.05, 0.1) is 28.7 Å². The van der Waals surface area contributed by atoms with Crippen LogP contribution >= 0.6 is 0 Å². The van der Waals surface area contributed by atoms with Crippen molar-refractivity contribution >= 4 is 40.7 Å². The second-order valence-corrected chi connectivity index (χ2v) is 9.77. The molecule has 2 heterocycles. The van der Waals surface area contributed by atoms with Crippen molar-refractivity contribution in [3.8, 4) is 0 Å². The van der Waals surface area contributed by atoms with Crippen LogP contribution in [-0.4, -0.2) is 54.7 Å². The Balaban J connectivity index is 1.62. The average Bonchev–Trinajstić information content (AvgIpc) is 3.10. The Morgan fingerprint density at radius 3 is 2.52 bits per heavy atom. The number of nitrogens with one attached hydrogen (secondary N) is 2. The van der Waals surface area contributed by atoms with Crippen molar-refractivity contribution in [2.45, 2.75) is 32.2 Å². The molecule has 0 saturated carbocycles. The van der Waals surface area contributed by atoms with E-state index in [0.29, 0.717) is 22.6 Å². The molecule has 42 heavy (non-hydrogen) atoms. The predicted octanol–water partition coefficient (Wildman–Crippen LogP) is 4.60. The van der Waals surface area contributed by atoms with Gasteiger partial charge >= 0.3 is 6.03 Å². The first-order chi connectivity index (χ1) is 20.3. The molecule has 212 valence electrons. The number of anilines is 2. The minimum Gasteiger partial charge on any atom is -0.370 e. The summed E-state index contributed by atoms with van der Waals surface area (Å²) < 4.78 is 20.7. The molecule has 0 fully saturated rings. The topological polar surface area (TPSA) is 112 Å². The number of methoxy groups -OCH3 is 1. The van der Waals surface area contributed by atoms with Crippen LogP contribution in [0.4, 0.5) is 20.6 Å². The number of halogens is 1. The Kier molecular flexibility index (Phi) is 8.19. The third-order valence-corrected chi connectivity index (χ3v) is 7.02. The molecule has 3 unspecified atom stereocenters. The van der Waals surface area contributed by atoms with Crippen molar-refractivity contribution in [2.24, 2.45) is 9.98 Å². The van der Waals surface area contributed by atoms with E-state index >= 15 is 4.39 Å². The lowest BCUT2D eigenvalue weighted by molar-refractivity contribution is -0.120. The van der Waals surface area contributed by atoms with Crippen LogP contribution in [0.2, 0.25) is 0 Å². The van der Waals surface area contributed by atoms with Gasteiger partial charge in [0.25, 0.3) is 5.91 Å². The maximum absolute atomic E-state index is 15.2. The monoisotopic (exact) mass is 565 g/mol. The van der Waals surface area contributed by atoms with Crippen LogP contribution < -0.4 is 15.5 Å². The lowest BCUT2D eigenvalue weighted by atomic mass is 9.95. The van der Waals surface area contributed by atoms with Crippen molar-refractivity contribution < 1.29 is 23.5 Å². The number of nitrogens with zero attached hydrogens (tertiary/aromatic N) is 3. The van der Waals surface area contributed by atoms with Crippen LogP contribution in [0, 0.1) is 12.7 Å². The number of carbonyl (C=O) groups excluding carboxylic acids is 3. The number of fused-ring (bicyclic) bond motifs is 1. The zero-order valence-corrected chi connectivity index (χ0v) is 23.2. The van der Waals surface area contributed by atoms with E-state index in [9.17, 15) is 14.4 Å². The Morgan fingerprint density at radius 1 is 1.07 bits per heavy atom. The third kappa shape index (κ3) is 5.54. The van der Waals surface area contributed by atoms with Gasteiger partial charge in [0.2, 0.25) is 6.17 Å². The maximum Gasteiger partial charge on any atom is 0.321 e. The minimum absolute atomic E-state index is 0.164. The molecule has 3 atom stereocenters. The first kappa shape index (κ1) is 28.4. The van der Waals surface area contributed by atoms with E-state index in [-0.39, 0.29) is 16.8 Å². The highest BCUT2D eigenvalue weighted by Gasteiger charge is 2.40. The Hall–Kier alpha value is -5.18. The van der Waals surface area contributed by atoms with E-state index in [2.05, 4.69) is 20.6 Å². The number of rotatable bonds is 6. The SMILES string of the molecule is COC1C(=C=O)C=CN=C1C(C)N1C(=O)C(NC(=O)Nc2cccc(C)c2)N=C(c2ccccc2F)c2ccccc21. The van der Waals surface area contributed by atoms with Crippen LogP contribution in [0.3, 0.4) is 0 Å². The molecule has 10 heteroatoms. The molecule has 0 aliphatic carbocycles. The summed E-state index contributed by atoms with van der Waals surface area (Å²) in [5, 5.41) is 5.39. The molecule has 0 saturated heterocycles. The van der Waals surface area contributed by atoms with Gasteiger partial charge in [0.1, 0.15) is 17.9 Å². The molecule has 9 nitrogen and oxygen atoms in total. The molecule has 0 spiro atoms. The molecule has 0 aromatic heterocycles. The maximum atomic E-state index is 15.2. The number of hydrogen-bond acceptors (Lipinski definition) is 6. The molecule has 3 aromatic carbocycles. The van der Waals surface area contributed by atoms with Gasteiger partial charge in [0.15, 0.2) is 0 Å². The summed E-state index contributed by atoms with van der Waals surface area (Å²) in [6, 6.07) is 18.8. The summed E-state index contributed by atoms with van der Waals surface area (Å²) >= 11 is 0.